The van der Waals surface area contributed by atoms with Crippen molar-refractivity contribution in [2.45, 2.75) is 26.2 Å². The molecule has 0 fully saturated rings. The summed E-state index contributed by atoms with van der Waals surface area (Å²) < 4.78 is 0. The van der Waals surface area contributed by atoms with Gasteiger partial charge in [-0.2, -0.15) is 0 Å². The number of hydrogen-bond donors (Lipinski definition) is 2. The van der Waals surface area contributed by atoms with Crippen LogP contribution in [0.15, 0.2) is 42.5 Å². The van der Waals surface area contributed by atoms with E-state index in [1.807, 2.05) is 24.3 Å². The van der Waals surface area contributed by atoms with E-state index in [1.165, 1.54) is 17.7 Å². The lowest BCUT2D eigenvalue weighted by Gasteiger charge is -2.10. The first-order valence-corrected chi connectivity index (χ1v) is 7.39. The fourth-order valence-corrected chi connectivity index (χ4v) is 2.22. The van der Waals surface area contributed by atoms with Crippen molar-refractivity contribution in [1.29, 1.82) is 0 Å². The predicted octanol–water partition coefficient (Wildman–Crippen LogP) is 4.38. The summed E-state index contributed by atoms with van der Waals surface area (Å²) in [6.07, 6.45) is 3.26. The van der Waals surface area contributed by atoms with Crippen LogP contribution >= 0.6 is 0 Å². The molecule has 0 aliphatic heterocycles. The third-order valence-corrected chi connectivity index (χ3v) is 3.50. The van der Waals surface area contributed by atoms with Gasteiger partial charge in [0.15, 0.2) is 0 Å². The highest BCUT2D eigenvalue weighted by Gasteiger charge is 2.16. The number of nitro benzene ring substituents is 1. The van der Waals surface area contributed by atoms with Crippen LogP contribution in [-0.2, 0) is 6.42 Å². The SMILES string of the molecule is CCCCc1ccc(Nc2ccc([N+](=O)[O-])cc2C(=O)O)cc1. The zero-order valence-corrected chi connectivity index (χ0v) is 12.8. The van der Waals surface area contributed by atoms with Gasteiger partial charge in [-0.25, -0.2) is 4.79 Å². The first-order valence-electron chi connectivity index (χ1n) is 7.39. The molecule has 2 rings (SSSR count). The Labute approximate surface area is 133 Å². The molecule has 0 atom stereocenters. The number of aromatic carboxylic acids is 1. The summed E-state index contributed by atoms with van der Waals surface area (Å²) in [5, 5.41) is 23.0. The monoisotopic (exact) mass is 314 g/mol. The van der Waals surface area contributed by atoms with Crippen molar-refractivity contribution in [1.82, 2.24) is 0 Å². The predicted molar refractivity (Wildman–Crippen MR) is 88.4 cm³/mol. The van der Waals surface area contributed by atoms with Crippen LogP contribution in [0.2, 0.25) is 0 Å². The molecule has 0 aliphatic rings. The van der Waals surface area contributed by atoms with E-state index in [9.17, 15) is 20.0 Å². The van der Waals surface area contributed by atoms with Crippen molar-refractivity contribution in [3.05, 3.63) is 63.7 Å². The van der Waals surface area contributed by atoms with Gasteiger partial charge in [0.25, 0.3) is 5.69 Å². The van der Waals surface area contributed by atoms with Gasteiger partial charge >= 0.3 is 5.97 Å². The maximum absolute atomic E-state index is 11.3. The number of nitrogens with zero attached hydrogens (tertiary/aromatic N) is 1. The molecule has 2 aromatic carbocycles. The van der Waals surface area contributed by atoms with Crippen LogP contribution in [0.3, 0.4) is 0 Å². The smallest absolute Gasteiger partial charge is 0.338 e. The van der Waals surface area contributed by atoms with Gasteiger partial charge in [-0.3, -0.25) is 10.1 Å². The number of carboxylic acids is 1. The van der Waals surface area contributed by atoms with Crippen LogP contribution in [0.1, 0.15) is 35.7 Å². The lowest BCUT2D eigenvalue weighted by Crippen LogP contribution is -2.04. The minimum absolute atomic E-state index is 0.130. The van der Waals surface area contributed by atoms with E-state index in [-0.39, 0.29) is 11.3 Å². The first kappa shape index (κ1) is 16.5. The second-order valence-corrected chi connectivity index (χ2v) is 5.22. The average Bonchev–Trinajstić information content (AvgIpc) is 2.54. The highest BCUT2D eigenvalue weighted by atomic mass is 16.6. The Morgan fingerprint density at radius 3 is 2.48 bits per heavy atom. The lowest BCUT2D eigenvalue weighted by molar-refractivity contribution is -0.384. The number of aryl methyl sites for hydroxylation is 1. The molecular weight excluding hydrogens is 296 g/mol. The van der Waals surface area contributed by atoms with Crippen molar-refractivity contribution in [3.8, 4) is 0 Å². The lowest BCUT2D eigenvalue weighted by atomic mass is 10.1. The van der Waals surface area contributed by atoms with Crippen LogP contribution in [0.5, 0.6) is 0 Å². The normalized spacial score (nSPS) is 10.3. The number of hydrogen-bond acceptors (Lipinski definition) is 4. The molecule has 0 radical (unpaired) electrons. The van der Waals surface area contributed by atoms with Gasteiger partial charge in [0, 0.05) is 17.8 Å². The topological polar surface area (TPSA) is 92.5 Å². The number of unbranched alkanes of at least 4 members (excludes halogenated alkanes) is 1. The summed E-state index contributed by atoms with van der Waals surface area (Å²) in [7, 11) is 0. The fraction of sp³-hybridized carbons (Fsp3) is 0.235. The molecule has 2 N–H and O–H groups in total. The number of carbonyl (C=O) groups is 1. The molecule has 0 spiro atoms. The van der Waals surface area contributed by atoms with E-state index in [4.69, 9.17) is 0 Å². The molecule has 0 aromatic heterocycles. The molecule has 6 nitrogen and oxygen atoms in total. The van der Waals surface area contributed by atoms with E-state index < -0.39 is 10.9 Å². The maximum atomic E-state index is 11.3. The third-order valence-electron chi connectivity index (χ3n) is 3.50. The third kappa shape index (κ3) is 4.29. The average molecular weight is 314 g/mol. The highest BCUT2D eigenvalue weighted by Crippen LogP contribution is 2.25. The van der Waals surface area contributed by atoms with E-state index in [0.717, 1.165) is 31.0 Å². The van der Waals surface area contributed by atoms with Crippen molar-refractivity contribution < 1.29 is 14.8 Å². The zero-order chi connectivity index (χ0) is 16.8. The number of nitro groups is 1. The van der Waals surface area contributed by atoms with E-state index in [2.05, 4.69) is 12.2 Å². The summed E-state index contributed by atoms with van der Waals surface area (Å²) >= 11 is 0. The Morgan fingerprint density at radius 1 is 1.22 bits per heavy atom. The number of carboxylic acid groups (broad SMARTS) is 1. The van der Waals surface area contributed by atoms with Crippen LogP contribution in [0.25, 0.3) is 0 Å². The zero-order valence-electron chi connectivity index (χ0n) is 12.8. The highest BCUT2D eigenvalue weighted by molar-refractivity contribution is 5.96. The van der Waals surface area contributed by atoms with Gasteiger partial charge in [0.1, 0.15) is 0 Å². The Morgan fingerprint density at radius 2 is 1.91 bits per heavy atom. The number of anilines is 2. The minimum Gasteiger partial charge on any atom is -0.478 e. The molecule has 2 aromatic rings. The molecule has 0 bridgehead atoms. The Hall–Kier alpha value is -2.89. The quantitative estimate of drug-likeness (QED) is 0.584. The molecule has 6 heteroatoms. The Kier molecular flexibility index (Phi) is 5.30. The summed E-state index contributed by atoms with van der Waals surface area (Å²) in [6.45, 7) is 2.14. The number of benzene rings is 2. The number of nitrogens with one attached hydrogen (secondary N) is 1. The summed E-state index contributed by atoms with van der Waals surface area (Å²) in [4.78, 5) is 21.4. The summed E-state index contributed by atoms with van der Waals surface area (Å²) in [5.74, 6) is -1.21. The molecule has 0 amide bonds. The van der Waals surface area contributed by atoms with Gasteiger partial charge in [-0.1, -0.05) is 25.5 Å². The van der Waals surface area contributed by atoms with Gasteiger partial charge in [0.05, 0.1) is 16.2 Å². The molecule has 0 saturated heterocycles. The molecule has 0 aliphatic carbocycles. The van der Waals surface area contributed by atoms with Gasteiger partial charge in [-0.05, 0) is 36.6 Å². The summed E-state index contributed by atoms with van der Waals surface area (Å²) in [5.41, 5.74) is 1.91. The number of rotatable bonds is 7. The van der Waals surface area contributed by atoms with Crippen molar-refractivity contribution in [2.75, 3.05) is 5.32 Å². The van der Waals surface area contributed by atoms with Gasteiger partial charge in [-0.15, -0.1) is 0 Å². The maximum Gasteiger partial charge on any atom is 0.338 e. The minimum atomic E-state index is -1.21. The Bertz CT molecular complexity index is 711. The molecule has 0 saturated carbocycles. The molecular formula is C17H18N2O4. The molecule has 23 heavy (non-hydrogen) atoms. The second kappa shape index (κ2) is 7.40. The van der Waals surface area contributed by atoms with E-state index in [0.29, 0.717) is 5.69 Å². The largest absolute Gasteiger partial charge is 0.478 e. The van der Waals surface area contributed by atoms with E-state index >= 15 is 0 Å². The van der Waals surface area contributed by atoms with Crippen molar-refractivity contribution in [2.24, 2.45) is 0 Å². The molecule has 0 heterocycles. The Balaban J connectivity index is 2.22. The standard InChI is InChI=1S/C17H18N2O4/c1-2-3-4-12-5-7-13(8-6-12)18-16-10-9-14(19(22)23)11-15(16)17(20)21/h5-11,18H,2-4H2,1H3,(H,20,21). The summed E-state index contributed by atoms with van der Waals surface area (Å²) in [6, 6.07) is 11.5. The fourth-order valence-electron chi connectivity index (χ4n) is 2.22. The van der Waals surface area contributed by atoms with Crippen LogP contribution < -0.4 is 5.32 Å². The van der Waals surface area contributed by atoms with Crippen LogP contribution in [-0.4, -0.2) is 16.0 Å². The van der Waals surface area contributed by atoms with Gasteiger partial charge in [0.2, 0.25) is 0 Å². The number of non-ortho nitro benzene ring substituents is 1. The van der Waals surface area contributed by atoms with E-state index in [1.54, 1.807) is 0 Å². The first-order chi connectivity index (χ1) is 11.0. The van der Waals surface area contributed by atoms with Crippen LogP contribution in [0, 0.1) is 10.1 Å². The van der Waals surface area contributed by atoms with Crippen LogP contribution in [0.4, 0.5) is 17.1 Å². The molecule has 0 unspecified atom stereocenters. The van der Waals surface area contributed by atoms with Gasteiger partial charge < -0.3 is 10.4 Å². The van der Waals surface area contributed by atoms with Crippen molar-refractivity contribution >= 4 is 23.0 Å². The van der Waals surface area contributed by atoms with Crippen molar-refractivity contribution in [3.63, 3.8) is 0 Å². The molecule has 120 valence electrons. The second-order valence-electron chi connectivity index (χ2n) is 5.22.